The lowest BCUT2D eigenvalue weighted by molar-refractivity contribution is 0.102. The molecule has 2 rings (SSSR count). The number of hydrogen-bond acceptors (Lipinski definition) is 2. The minimum absolute atomic E-state index is 0.109. The normalized spacial score (nSPS) is 10.6. The van der Waals surface area contributed by atoms with Gasteiger partial charge in [0.05, 0.1) is 6.61 Å². The third-order valence-electron chi connectivity index (χ3n) is 3.33. The van der Waals surface area contributed by atoms with E-state index < -0.39 is 0 Å². The summed E-state index contributed by atoms with van der Waals surface area (Å²) in [6, 6.07) is 13.2. The molecule has 0 aliphatic carbocycles. The topological polar surface area (TPSA) is 38.3 Å². The Labute approximate surface area is 132 Å². The van der Waals surface area contributed by atoms with Crippen molar-refractivity contribution in [2.24, 2.45) is 5.92 Å². The molecule has 0 atom stereocenters. The van der Waals surface area contributed by atoms with Crippen LogP contribution in [-0.4, -0.2) is 12.5 Å². The van der Waals surface area contributed by atoms with Crippen LogP contribution in [0.15, 0.2) is 42.5 Å². The van der Waals surface area contributed by atoms with Crippen molar-refractivity contribution >= 4 is 11.6 Å². The Morgan fingerprint density at radius 2 is 1.77 bits per heavy atom. The summed E-state index contributed by atoms with van der Waals surface area (Å²) in [6.07, 6.45) is 0. The van der Waals surface area contributed by atoms with Crippen molar-refractivity contribution in [1.29, 1.82) is 0 Å². The summed E-state index contributed by atoms with van der Waals surface area (Å²) in [5.74, 6) is 1.16. The predicted molar refractivity (Wildman–Crippen MR) is 90.6 cm³/mol. The van der Waals surface area contributed by atoms with Crippen molar-refractivity contribution in [3.05, 3.63) is 59.2 Å². The SMILES string of the molecule is Cc1ccc(NC(=O)c2ccc(OCC(C)C)cc2)c(C)c1. The number of benzene rings is 2. The number of aryl methyl sites for hydroxylation is 2. The molecule has 0 aromatic heterocycles. The molecule has 0 saturated heterocycles. The summed E-state index contributed by atoms with van der Waals surface area (Å²) in [5, 5.41) is 2.94. The number of ether oxygens (including phenoxy) is 1. The van der Waals surface area contributed by atoms with Crippen molar-refractivity contribution < 1.29 is 9.53 Å². The van der Waals surface area contributed by atoms with Crippen LogP contribution in [0, 0.1) is 19.8 Å². The second kappa shape index (κ2) is 7.12. The van der Waals surface area contributed by atoms with Gasteiger partial charge in [-0.1, -0.05) is 31.5 Å². The number of amides is 1. The maximum absolute atomic E-state index is 12.3. The van der Waals surface area contributed by atoms with Gasteiger partial charge in [-0.05, 0) is 55.7 Å². The molecule has 22 heavy (non-hydrogen) atoms. The molecule has 2 aromatic carbocycles. The van der Waals surface area contributed by atoms with Crippen LogP contribution >= 0.6 is 0 Å². The van der Waals surface area contributed by atoms with Gasteiger partial charge >= 0.3 is 0 Å². The van der Waals surface area contributed by atoms with E-state index in [4.69, 9.17) is 4.74 Å². The summed E-state index contributed by atoms with van der Waals surface area (Å²) in [4.78, 5) is 12.3. The molecule has 3 heteroatoms. The van der Waals surface area contributed by atoms with E-state index in [-0.39, 0.29) is 5.91 Å². The van der Waals surface area contributed by atoms with Gasteiger partial charge in [0.2, 0.25) is 0 Å². The lowest BCUT2D eigenvalue weighted by Gasteiger charge is -2.11. The summed E-state index contributed by atoms with van der Waals surface area (Å²) < 4.78 is 5.62. The maximum Gasteiger partial charge on any atom is 0.255 e. The molecule has 0 unspecified atom stereocenters. The molecule has 0 bridgehead atoms. The lowest BCUT2D eigenvalue weighted by atomic mass is 10.1. The summed E-state index contributed by atoms with van der Waals surface area (Å²) in [5.41, 5.74) is 3.71. The number of nitrogens with one attached hydrogen (secondary N) is 1. The van der Waals surface area contributed by atoms with Gasteiger partial charge in [-0.15, -0.1) is 0 Å². The monoisotopic (exact) mass is 297 g/mol. The van der Waals surface area contributed by atoms with Gasteiger partial charge in [-0.2, -0.15) is 0 Å². The first-order chi connectivity index (χ1) is 10.5. The van der Waals surface area contributed by atoms with Crippen molar-refractivity contribution in [1.82, 2.24) is 0 Å². The zero-order valence-electron chi connectivity index (χ0n) is 13.6. The molecule has 0 aliphatic heterocycles. The highest BCUT2D eigenvalue weighted by atomic mass is 16.5. The molecule has 0 spiro atoms. The molecule has 0 saturated carbocycles. The van der Waals surface area contributed by atoms with E-state index in [1.54, 1.807) is 12.1 Å². The van der Waals surface area contributed by atoms with E-state index in [9.17, 15) is 4.79 Å². The third kappa shape index (κ3) is 4.35. The van der Waals surface area contributed by atoms with Crippen molar-refractivity contribution in [3.63, 3.8) is 0 Å². The number of anilines is 1. The van der Waals surface area contributed by atoms with E-state index in [1.807, 2.05) is 38.1 Å². The molecule has 1 amide bonds. The lowest BCUT2D eigenvalue weighted by Crippen LogP contribution is -2.13. The Hall–Kier alpha value is -2.29. The minimum Gasteiger partial charge on any atom is -0.493 e. The second-order valence-corrected chi connectivity index (χ2v) is 6.00. The van der Waals surface area contributed by atoms with E-state index in [0.717, 1.165) is 17.0 Å². The highest BCUT2D eigenvalue weighted by Gasteiger charge is 2.08. The van der Waals surface area contributed by atoms with Gasteiger partial charge in [0, 0.05) is 11.3 Å². The quantitative estimate of drug-likeness (QED) is 0.876. The fraction of sp³-hybridized carbons (Fsp3) is 0.316. The average Bonchev–Trinajstić information content (AvgIpc) is 2.48. The van der Waals surface area contributed by atoms with Crippen LogP contribution in [0.4, 0.5) is 5.69 Å². The number of rotatable bonds is 5. The fourth-order valence-corrected chi connectivity index (χ4v) is 2.11. The van der Waals surface area contributed by atoms with Gasteiger partial charge in [-0.25, -0.2) is 0 Å². The van der Waals surface area contributed by atoms with Crippen molar-refractivity contribution in [3.8, 4) is 5.75 Å². The van der Waals surface area contributed by atoms with Crippen LogP contribution in [0.5, 0.6) is 5.75 Å². The first kappa shape index (κ1) is 16.1. The molecule has 0 fully saturated rings. The van der Waals surface area contributed by atoms with Crippen LogP contribution in [0.25, 0.3) is 0 Å². The van der Waals surface area contributed by atoms with Gasteiger partial charge in [0.1, 0.15) is 5.75 Å². The smallest absolute Gasteiger partial charge is 0.255 e. The van der Waals surface area contributed by atoms with Gasteiger partial charge in [0.15, 0.2) is 0 Å². The Morgan fingerprint density at radius 3 is 2.36 bits per heavy atom. The van der Waals surface area contributed by atoms with Crippen LogP contribution in [0.2, 0.25) is 0 Å². The standard InChI is InChI=1S/C19H23NO2/c1-13(2)12-22-17-8-6-16(7-9-17)19(21)20-18-10-5-14(3)11-15(18)4/h5-11,13H,12H2,1-4H3,(H,20,21). The molecule has 2 aromatic rings. The van der Waals surface area contributed by atoms with Crippen molar-refractivity contribution in [2.75, 3.05) is 11.9 Å². The Bertz CT molecular complexity index is 645. The molecule has 3 nitrogen and oxygen atoms in total. The summed E-state index contributed by atoms with van der Waals surface area (Å²) in [6.45, 7) is 8.91. The highest BCUT2D eigenvalue weighted by Crippen LogP contribution is 2.18. The second-order valence-electron chi connectivity index (χ2n) is 6.00. The van der Waals surface area contributed by atoms with E-state index in [1.165, 1.54) is 5.56 Å². The number of hydrogen-bond donors (Lipinski definition) is 1. The molecule has 0 heterocycles. The Morgan fingerprint density at radius 1 is 1.09 bits per heavy atom. The zero-order chi connectivity index (χ0) is 16.1. The van der Waals surface area contributed by atoms with E-state index in [2.05, 4.69) is 25.2 Å². The van der Waals surface area contributed by atoms with Crippen LogP contribution in [-0.2, 0) is 0 Å². The molecule has 116 valence electrons. The minimum atomic E-state index is -0.109. The zero-order valence-corrected chi connectivity index (χ0v) is 13.6. The first-order valence-corrected chi connectivity index (χ1v) is 7.57. The molecule has 1 N–H and O–H groups in total. The van der Waals surface area contributed by atoms with Crippen LogP contribution < -0.4 is 10.1 Å². The van der Waals surface area contributed by atoms with Crippen molar-refractivity contribution in [2.45, 2.75) is 27.7 Å². The molecule has 0 radical (unpaired) electrons. The van der Waals surface area contributed by atoms with E-state index in [0.29, 0.717) is 18.1 Å². The van der Waals surface area contributed by atoms with E-state index >= 15 is 0 Å². The highest BCUT2D eigenvalue weighted by molar-refractivity contribution is 6.04. The first-order valence-electron chi connectivity index (χ1n) is 7.57. The molecular formula is C19H23NO2. The molecule has 0 aliphatic rings. The Kier molecular flexibility index (Phi) is 5.21. The largest absolute Gasteiger partial charge is 0.493 e. The van der Waals surface area contributed by atoms with Crippen LogP contribution in [0.1, 0.15) is 35.3 Å². The fourth-order valence-electron chi connectivity index (χ4n) is 2.11. The predicted octanol–water partition coefficient (Wildman–Crippen LogP) is 4.59. The summed E-state index contributed by atoms with van der Waals surface area (Å²) in [7, 11) is 0. The molecular weight excluding hydrogens is 274 g/mol. The van der Waals surface area contributed by atoms with Crippen LogP contribution in [0.3, 0.4) is 0 Å². The summed E-state index contributed by atoms with van der Waals surface area (Å²) >= 11 is 0. The number of carbonyl (C=O) groups is 1. The average molecular weight is 297 g/mol. The third-order valence-corrected chi connectivity index (χ3v) is 3.33. The van der Waals surface area contributed by atoms with Gasteiger partial charge in [-0.3, -0.25) is 4.79 Å². The maximum atomic E-state index is 12.3. The van der Waals surface area contributed by atoms with Gasteiger partial charge in [0.25, 0.3) is 5.91 Å². The van der Waals surface area contributed by atoms with Gasteiger partial charge < -0.3 is 10.1 Å². The Balaban J connectivity index is 2.03. The number of carbonyl (C=O) groups excluding carboxylic acids is 1.